The number of rotatable bonds is 39. The number of aliphatic hydroxyl groups is 6. The van der Waals surface area contributed by atoms with Crippen LogP contribution in [0.4, 0.5) is 28.4 Å². The van der Waals surface area contributed by atoms with E-state index in [1.165, 1.54) is 5.56 Å². The molecule has 0 unspecified atom stereocenters. The lowest BCUT2D eigenvalue weighted by molar-refractivity contribution is 0.0347. The van der Waals surface area contributed by atoms with Crippen molar-refractivity contribution in [3.63, 3.8) is 0 Å². The SMILES string of the molecule is CN(C)c1ccc(C(c2ccc(N(CCOCCO)CCOCCOCCO)cc2)c2ccc(N(CCOCCO)CCOCCOCCO)cc2)cc1.CN(C)c1ccc(C=O)cc1.OCCN(CCO)c1ccccc1.[HH].[HH]. The Morgan fingerprint density at radius 1 is 0.346 bits per heavy atom. The Labute approximate surface area is 466 Å². The van der Waals surface area contributed by atoms with Gasteiger partial charge in [-0.15, -0.1) is 0 Å². The predicted octanol–water partition coefficient (Wildman–Crippen LogP) is 5.15. The Morgan fingerprint density at radius 2 is 0.628 bits per heavy atom. The van der Waals surface area contributed by atoms with Crippen molar-refractivity contribution in [1.29, 1.82) is 0 Å². The summed E-state index contributed by atoms with van der Waals surface area (Å²) in [5.41, 5.74) is 9.57. The highest BCUT2D eigenvalue weighted by Gasteiger charge is 2.19. The van der Waals surface area contributed by atoms with Gasteiger partial charge in [0.25, 0.3) is 0 Å². The van der Waals surface area contributed by atoms with E-state index >= 15 is 0 Å². The van der Waals surface area contributed by atoms with Crippen molar-refractivity contribution in [1.82, 2.24) is 0 Å². The second kappa shape index (κ2) is 42.3. The second-order valence-electron chi connectivity index (χ2n) is 18.0. The van der Waals surface area contributed by atoms with Gasteiger partial charge in [-0.25, -0.2) is 0 Å². The van der Waals surface area contributed by atoms with Crippen LogP contribution in [0.3, 0.4) is 0 Å². The van der Waals surface area contributed by atoms with Crippen LogP contribution in [0.25, 0.3) is 0 Å². The average Bonchev–Trinajstić information content (AvgIpc) is 3.47. The van der Waals surface area contributed by atoms with Gasteiger partial charge in [0.15, 0.2) is 0 Å². The fraction of sp³-hybridized carbons (Fsp3) is 0.483. The average molecular weight is 1090 g/mol. The quantitative estimate of drug-likeness (QED) is 0.0171. The molecule has 5 aromatic carbocycles. The van der Waals surface area contributed by atoms with E-state index in [0.29, 0.717) is 119 Å². The minimum Gasteiger partial charge on any atom is -0.395 e. The molecule has 78 heavy (non-hydrogen) atoms. The van der Waals surface area contributed by atoms with Gasteiger partial charge >= 0.3 is 0 Å². The largest absolute Gasteiger partial charge is 0.395 e. The summed E-state index contributed by atoms with van der Waals surface area (Å²) in [6.45, 7) is 8.81. The number of aldehydes is 1. The van der Waals surface area contributed by atoms with E-state index in [9.17, 15) is 15.0 Å². The number of hydrogen-bond donors (Lipinski definition) is 6. The van der Waals surface area contributed by atoms with Gasteiger partial charge in [0.1, 0.15) is 6.29 Å². The fourth-order valence-electron chi connectivity index (χ4n) is 7.94. The van der Waals surface area contributed by atoms with Crippen molar-refractivity contribution >= 4 is 34.7 Å². The third-order valence-electron chi connectivity index (χ3n) is 12.0. The lowest BCUT2D eigenvalue weighted by Gasteiger charge is -2.27. The molecule has 0 saturated heterocycles. The number of benzene rings is 5. The normalized spacial score (nSPS) is 10.9. The van der Waals surface area contributed by atoms with E-state index in [1.807, 2.05) is 92.6 Å². The molecule has 0 heterocycles. The molecule has 0 amide bonds. The van der Waals surface area contributed by atoms with Crippen LogP contribution in [-0.2, 0) is 28.4 Å². The Hall–Kier alpha value is -5.71. The molecule has 6 N–H and O–H groups in total. The molecule has 0 aromatic heterocycles. The molecule has 0 radical (unpaired) electrons. The fourth-order valence-corrected chi connectivity index (χ4v) is 7.94. The maximum Gasteiger partial charge on any atom is 0.150 e. The van der Waals surface area contributed by atoms with E-state index in [0.717, 1.165) is 51.4 Å². The highest BCUT2D eigenvalue weighted by atomic mass is 16.5. The summed E-state index contributed by atoms with van der Waals surface area (Å²) in [5, 5.41) is 53.8. The molecule has 18 heteroatoms. The summed E-state index contributed by atoms with van der Waals surface area (Å²) in [5.74, 6) is -0.0171. The third-order valence-corrected chi connectivity index (χ3v) is 12.0. The molecule has 0 saturated carbocycles. The van der Waals surface area contributed by atoms with Gasteiger partial charge in [0.05, 0.1) is 119 Å². The summed E-state index contributed by atoms with van der Waals surface area (Å²) in [6, 6.07) is 43.2. The molecule has 5 aromatic rings. The Balaban J connectivity index is 0.00000100. The zero-order valence-electron chi connectivity index (χ0n) is 46.5. The predicted molar refractivity (Wildman–Crippen MR) is 315 cm³/mol. The summed E-state index contributed by atoms with van der Waals surface area (Å²) in [6.07, 6.45) is 0.847. The van der Waals surface area contributed by atoms with Crippen LogP contribution in [0, 0.1) is 0 Å². The smallest absolute Gasteiger partial charge is 0.150 e. The Bertz CT molecular complexity index is 2120. The van der Waals surface area contributed by atoms with Crippen LogP contribution in [0.5, 0.6) is 0 Å². The maximum absolute atomic E-state index is 10.3. The molecule has 18 nitrogen and oxygen atoms in total. The Morgan fingerprint density at radius 3 is 0.936 bits per heavy atom. The molecule has 0 aliphatic heterocycles. The first kappa shape index (κ1) is 66.6. The van der Waals surface area contributed by atoms with E-state index in [2.05, 4.69) is 87.5 Å². The number of carbonyl (C=O) groups is 1. The van der Waals surface area contributed by atoms with Gasteiger partial charge in [-0.1, -0.05) is 54.6 Å². The van der Waals surface area contributed by atoms with Crippen molar-refractivity contribution in [2.45, 2.75) is 5.92 Å². The molecule has 0 atom stereocenters. The van der Waals surface area contributed by atoms with Crippen LogP contribution in [0.2, 0.25) is 0 Å². The van der Waals surface area contributed by atoms with E-state index in [-0.39, 0.29) is 48.4 Å². The van der Waals surface area contributed by atoms with Crippen molar-refractivity contribution in [2.75, 3.05) is 211 Å². The highest BCUT2D eigenvalue weighted by Crippen LogP contribution is 2.35. The van der Waals surface area contributed by atoms with Crippen LogP contribution in [0.1, 0.15) is 35.8 Å². The molecule has 0 aliphatic carbocycles. The number of anilines is 5. The standard InChI is InChI=1S/C41H63N3O10.C10H15NO2.C9H11NO.2H2/c1-42(2)38-9-3-35(4-10-38)41(36-5-11-39(12-6-36)43(15-23-49-27-19-45)17-25-51-31-33-53-29-21-47)37-7-13-40(14-8-37)44(16-24-50-28-20-46)18-26-52-32-34-54-30-22-48;12-8-6-11(7-9-13)10-4-2-1-3-5-10;1-10(2)9-5-3-8(7-11)4-6-9;;/h3-14,41,45-48H,15-34H2,1-2H3;1-5,12-13H,6-9H2;3-7H,1-2H3;2*1H. The van der Waals surface area contributed by atoms with Crippen LogP contribution >= 0.6 is 0 Å². The van der Waals surface area contributed by atoms with E-state index < -0.39 is 0 Å². The third kappa shape index (κ3) is 26.8. The number of nitrogens with zero attached hydrogens (tertiary/aromatic N) is 5. The van der Waals surface area contributed by atoms with Gasteiger partial charge in [-0.3, -0.25) is 4.79 Å². The number of para-hydroxylation sites is 1. The molecule has 0 aliphatic rings. The first-order chi connectivity index (χ1) is 38.1. The lowest BCUT2D eigenvalue weighted by atomic mass is 9.85. The molecule has 5 rings (SSSR count). The minimum absolute atomic E-state index is 0. The number of ether oxygens (including phenoxy) is 6. The highest BCUT2D eigenvalue weighted by molar-refractivity contribution is 5.75. The van der Waals surface area contributed by atoms with Crippen molar-refractivity contribution < 1.29 is 66.7 Å². The molecular weight excluding hydrogens is 999 g/mol. The second-order valence-corrected chi connectivity index (χ2v) is 18.0. The van der Waals surface area contributed by atoms with Crippen molar-refractivity contribution in [3.8, 4) is 0 Å². The van der Waals surface area contributed by atoms with E-state index in [1.54, 1.807) is 0 Å². The first-order valence-electron chi connectivity index (χ1n) is 26.8. The zero-order chi connectivity index (χ0) is 56.4. The van der Waals surface area contributed by atoms with Crippen molar-refractivity contribution in [2.24, 2.45) is 0 Å². The van der Waals surface area contributed by atoms with E-state index in [4.69, 9.17) is 48.8 Å². The lowest BCUT2D eigenvalue weighted by Crippen LogP contribution is -2.31. The molecular formula is C60H93N5O13. The van der Waals surface area contributed by atoms with Gasteiger partial charge in [-0.2, -0.15) is 0 Å². The van der Waals surface area contributed by atoms with Gasteiger partial charge < -0.3 is 83.6 Å². The number of hydrogen-bond acceptors (Lipinski definition) is 18. The summed E-state index contributed by atoms with van der Waals surface area (Å²) in [4.78, 5) is 20.7. The molecule has 0 bridgehead atoms. The van der Waals surface area contributed by atoms with Crippen LogP contribution < -0.4 is 24.5 Å². The number of aliphatic hydroxyl groups excluding tert-OH is 6. The van der Waals surface area contributed by atoms with Crippen LogP contribution in [-0.4, -0.2) is 223 Å². The topological polar surface area (TPSA) is 210 Å². The summed E-state index contributed by atoms with van der Waals surface area (Å²) >= 11 is 0. The Kier molecular flexibility index (Phi) is 36.1. The van der Waals surface area contributed by atoms with Gasteiger partial charge in [0.2, 0.25) is 0 Å². The van der Waals surface area contributed by atoms with Gasteiger partial charge in [-0.05, 0) is 89.5 Å². The molecule has 0 fully saturated rings. The molecule has 0 spiro atoms. The molecule has 436 valence electrons. The zero-order valence-corrected chi connectivity index (χ0v) is 46.5. The first-order valence-corrected chi connectivity index (χ1v) is 26.8. The summed E-state index contributed by atoms with van der Waals surface area (Å²) < 4.78 is 33.4. The number of carbonyl (C=O) groups excluding carboxylic acids is 1. The monoisotopic (exact) mass is 1090 g/mol. The maximum atomic E-state index is 10.3. The summed E-state index contributed by atoms with van der Waals surface area (Å²) in [7, 11) is 8.01. The van der Waals surface area contributed by atoms with Gasteiger partial charge in [0, 0.05) is 110 Å². The minimum atomic E-state index is -0.0171. The van der Waals surface area contributed by atoms with Crippen LogP contribution in [0.15, 0.2) is 127 Å². The van der Waals surface area contributed by atoms with Crippen molar-refractivity contribution in [3.05, 3.63) is 150 Å².